The van der Waals surface area contributed by atoms with Crippen molar-refractivity contribution in [2.24, 2.45) is 12.9 Å². The molecular formula is C13H13N7O. The number of nitrogens with two attached hydrogens (primary N) is 1. The van der Waals surface area contributed by atoms with Crippen molar-refractivity contribution in [3.05, 3.63) is 42.4 Å². The van der Waals surface area contributed by atoms with Gasteiger partial charge >= 0.3 is 0 Å². The van der Waals surface area contributed by atoms with Crippen molar-refractivity contribution in [1.29, 1.82) is 0 Å². The van der Waals surface area contributed by atoms with Gasteiger partial charge in [-0.05, 0) is 5.39 Å². The first-order valence-electron chi connectivity index (χ1n) is 6.20. The number of carbonyl (C=O) groups is 1. The molecule has 0 aliphatic carbocycles. The van der Waals surface area contributed by atoms with Crippen LogP contribution in [0.15, 0.2) is 36.8 Å². The second kappa shape index (κ2) is 5.17. The second-order valence-corrected chi connectivity index (χ2v) is 4.37. The summed E-state index contributed by atoms with van der Waals surface area (Å²) >= 11 is 0. The maximum atomic E-state index is 12.4. The van der Waals surface area contributed by atoms with Gasteiger partial charge in [-0.1, -0.05) is 24.3 Å². The van der Waals surface area contributed by atoms with Crippen LogP contribution in [0.25, 0.3) is 10.8 Å². The smallest absolute Gasteiger partial charge is 0.260 e. The lowest BCUT2D eigenvalue weighted by atomic mass is 10.1. The quantitative estimate of drug-likeness (QED) is 0.486. The highest BCUT2D eigenvalue weighted by Gasteiger charge is 2.15. The lowest BCUT2D eigenvalue weighted by Crippen LogP contribution is -2.17. The summed E-state index contributed by atoms with van der Waals surface area (Å²) in [4.78, 5) is 20.5. The van der Waals surface area contributed by atoms with Crippen LogP contribution in [0.1, 0.15) is 10.4 Å². The summed E-state index contributed by atoms with van der Waals surface area (Å²) in [5.41, 5.74) is 2.96. The summed E-state index contributed by atoms with van der Waals surface area (Å²) in [6, 6.07) is 7.39. The van der Waals surface area contributed by atoms with Crippen molar-refractivity contribution >= 4 is 28.4 Å². The number of pyridine rings is 1. The Morgan fingerprint density at radius 1 is 1.24 bits per heavy atom. The van der Waals surface area contributed by atoms with E-state index < -0.39 is 0 Å². The van der Waals surface area contributed by atoms with E-state index >= 15 is 0 Å². The average Bonchev–Trinajstić information content (AvgIpc) is 2.91. The van der Waals surface area contributed by atoms with Crippen LogP contribution in [-0.4, -0.2) is 25.7 Å². The molecule has 0 spiro atoms. The minimum absolute atomic E-state index is 0.307. The van der Waals surface area contributed by atoms with E-state index in [0.29, 0.717) is 17.3 Å². The first-order chi connectivity index (χ1) is 10.2. The number of hydrazine groups is 1. The normalized spacial score (nSPS) is 10.6. The monoisotopic (exact) mass is 283 g/mol. The fourth-order valence-corrected chi connectivity index (χ4v) is 2.07. The van der Waals surface area contributed by atoms with E-state index in [-0.39, 0.29) is 5.91 Å². The molecule has 0 bridgehead atoms. The van der Waals surface area contributed by atoms with Gasteiger partial charge < -0.3 is 5.43 Å². The van der Waals surface area contributed by atoms with E-state index in [4.69, 9.17) is 5.84 Å². The summed E-state index contributed by atoms with van der Waals surface area (Å²) < 4.78 is 1.48. The Kier molecular flexibility index (Phi) is 3.20. The predicted octanol–water partition coefficient (Wildman–Crippen LogP) is 0.901. The number of amides is 1. The van der Waals surface area contributed by atoms with Gasteiger partial charge in [-0.25, -0.2) is 15.5 Å². The molecule has 0 aliphatic rings. The maximum Gasteiger partial charge on any atom is 0.260 e. The predicted molar refractivity (Wildman–Crippen MR) is 78.5 cm³/mol. The van der Waals surface area contributed by atoms with Crippen molar-refractivity contribution in [1.82, 2.24) is 19.7 Å². The molecule has 4 N–H and O–H groups in total. The number of rotatable bonds is 3. The Labute approximate surface area is 120 Å². The summed E-state index contributed by atoms with van der Waals surface area (Å²) in [7, 11) is 1.69. The summed E-state index contributed by atoms with van der Waals surface area (Å²) in [6.45, 7) is 0. The second-order valence-electron chi connectivity index (χ2n) is 4.37. The van der Waals surface area contributed by atoms with Crippen LogP contribution in [0.5, 0.6) is 0 Å². The van der Waals surface area contributed by atoms with E-state index in [1.165, 1.54) is 17.2 Å². The van der Waals surface area contributed by atoms with Gasteiger partial charge in [-0.15, -0.1) is 0 Å². The summed E-state index contributed by atoms with van der Waals surface area (Å²) in [5.74, 6) is 6.01. The molecule has 2 aromatic heterocycles. The van der Waals surface area contributed by atoms with Crippen LogP contribution in [-0.2, 0) is 7.05 Å². The van der Waals surface area contributed by atoms with Gasteiger partial charge in [0.25, 0.3) is 5.91 Å². The zero-order chi connectivity index (χ0) is 14.8. The van der Waals surface area contributed by atoms with Crippen molar-refractivity contribution in [2.75, 3.05) is 10.7 Å². The SMILES string of the molecule is Cn1ncnc1NC(=O)c1cnc(NN)c2ccccc12. The van der Waals surface area contributed by atoms with E-state index in [2.05, 4.69) is 25.8 Å². The van der Waals surface area contributed by atoms with Crippen molar-refractivity contribution in [3.63, 3.8) is 0 Å². The molecule has 3 aromatic rings. The Bertz CT molecular complexity index is 811. The molecule has 0 atom stereocenters. The molecule has 21 heavy (non-hydrogen) atoms. The topological polar surface area (TPSA) is 111 Å². The van der Waals surface area contributed by atoms with E-state index in [1.54, 1.807) is 7.05 Å². The van der Waals surface area contributed by atoms with Gasteiger partial charge in [-0.2, -0.15) is 10.1 Å². The molecule has 1 aromatic carbocycles. The van der Waals surface area contributed by atoms with Gasteiger partial charge in [0.1, 0.15) is 12.1 Å². The number of fused-ring (bicyclic) bond motifs is 1. The Morgan fingerprint density at radius 2 is 2.00 bits per heavy atom. The number of aryl methyl sites for hydroxylation is 1. The molecule has 0 fully saturated rings. The first kappa shape index (κ1) is 13.0. The summed E-state index contributed by atoms with van der Waals surface area (Å²) in [5, 5.41) is 8.12. The van der Waals surface area contributed by atoms with Gasteiger partial charge in [0.05, 0.1) is 5.56 Å². The van der Waals surface area contributed by atoms with Crippen LogP contribution >= 0.6 is 0 Å². The number of hydrogen-bond donors (Lipinski definition) is 3. The molecule has 0 unspecified atom stereocenters. The number of hydrogen-bond acceptors (Lipinski definition) is 6. The van der Waals surface area contributed by atoms with Gasteiger partial charge in [0.15, 0.2) is 0 Å². The Morgan fingerprint density at radius 3 is 2.67 bits per heavy atom. The molecule has 0 radical (unpaired) electrons. The van der Waals surface area contributed by atoms with Crippen molar-refractivity contribution < 1.29 is 4.79 Å². The molecule has 3 rings (SSSR count). The number of carbonyl (C=O) groups excluding carboxylic acids is 1. The van der Waals surface area contributed by atoms with Gasteiger partial charge in [0, 0.05) is 18.6 Å². The summed E-state index contributed by atoms with van der Waals surface area (Å²) in [6.07, 6.45) is 2.84. The number of nitrogens with zero attached hydrogens (tertiary/aromatic N) is 4. The molecule has 8 nitrogen and oxygen atoms in total. The maximum absolute atomic E-state index is 12.4. The number of aromatic nitrogens is 4. The zero-order valence-corrected chi connectivity index (χ0v) is 11.2. The van der Waals surface area contributed by atoms with Crippen molar-refractivity contribution in [2.45, 2.75) is 0 Å². The van der Waals surface area contributed by atoms with Crippen molar-refractivity contribution in [3.8, 4) is 0 Å². The molecule has 2 heterocycles. The number of benzene rings is 1. The fraction of sp³-hybridized carbons (Fsp3) is 0.0769. The molecule has 0 saturated heterocycles. The van der Waals surface area contributed by atoms with Crippen LogP contribution < -0.4 is 16.6 Å². The van der Waals surface area contributed by atoms with Crippen LogP contribution in [0.3, 0.4) is 0 Å². The van der Waals surface area contributed by atoms with Crippen LogP contribution in [0.4, 0.5) is 11.8 Å². The lowest BCUT2D eigenvalue weighted by Gasteiger charge is -2.09. The largest absolute Gasteiger partial charge is 0.308 e. The first-order valence-corrected chi connectivity index (χ1v) is 6.20. The molecule has 8 heteroatoms. The highest BCUT2D eigenvalue weighted by Crippen LogP contribution is 2.24. The molecule has 106 valence electrons. The highest BCUT2D eigenvalue weighted by molar-refractivity contribution is 6.13. The third-order valence-corrected chi connectivity index (χ3v) is 3.11. The number of anilines is 2. The lowest BCUT2D eigenvalue weighted by molar-refractivity contribution is 0.102. The van der Waals surface area contributed by atoms with E-state index in [0.717, 1.165) is 10.8 Å². The zero-order valence-electron chi connectivity index (χ0n) is 11.2. The Hall–Kier alpha value is -3.00. The minimum atomic E-state index is -0.307. The van der Waals surface area contributed by atoms with Crippen LogP contribution in [0, 0.1) is 0 Å². The highest BCUT2D eigenvalue weighted by atomic mass is 16.1. The van der Waals surface area contributed by atoms with E-state index in [1.807, 2.05) is 24.3 Å². The van der Waals surface area contributed by atoms with Gasteiger partial charge in [-0.3, -0.25) is 10.1 Å². The Balaban J connectivity index is 2.04. The van der Waals surface area contributed by atoms with Crippen LogP contribution in [0.2, 0.25) is 0 Å². The number of nitrogen functional groups attached to an aromatic ring is 1. The van der Waals surface area contributed by atoms with Gasteiger partial charge in [0.2, 0.25) is 5.95 Å². The third kappa shape index (κ3) is 2.28. The average molecular weight is 283 g/mol. The third-order valence-electron chi connectivity index (χ3n) is 3.11. The fourth-order valence-electron chi connectivity index (χ4n) is 2.07. The minimum Gasteiger partial charge on any atom is -0.308 e. The van der Waals surface area contributed by atoms with E-state index in [9.17, 15) is 4.79 Å². The molecular weight excluding hydrogens is 270 g/mol. The molecule has 0 aliphatic heterocycles. The number of nitrogens with one attached hydrogen (secondary N) is 2. The molecule has 0 saturated carbocycles. The standard InChI is InChI=1S/C13H13N7O/c1-20-13(16-7-17-20)18-12(21)10-6-15-11(19-14)9-5-3-2-4-8(9)10/h2-7H,14H2,1H3,(H,15,19)(H,16,17,18,21). The molecule has 1 amide bonds.